The summed E-state index contributed by atoms with van der Waals surface area (Å²) in [6.07, 6.45) is 8.83. The van der Waals surface area contributed by atoms with Crippen LogP contribution < -0.4 is 5.32 Å². The summed E-state index contributed by atoms with van der Waals surface area (Å²) < 4.78 is 5.39. The van der Waals surface area contributed by atoms with Crippen molar-refractivity contribution in [3.8, 4) is 0 Å². The Labute approximate surface area is 114 Å². The van der Waals surface area contributed by atoms with Crippen LogP contribution in [0.1, 0.15) is 37.7 Å². The van der Waals surface area contributed by atoms with E-state index >= 15 is 0 Å². The fraction of sp³-hybridized carbons (Fsp3) is 0.438. The molecule has 1 N–H and O–H groups in total. The molecular formula is C16H21NO2. The van der Waals surface area contributed by atoms with Gasteiger partial charge in [0.15, 0.2) is 0 Å². The van der Waals surface area contributed by atoms with Crippen LogP contribution in [0.5, 0.6) is 0 Å². The molecule has 0 saturated heterocycles. The van der Waals surface area contributed by atoms with E-state index < -0.39 is 0 Å². The van der Waals surface area contributed by atoms with Crippen LogP contribution in [0.4, 0.5) is 5.69 Å². The third-order valence-electron chi connectivity index (χ3n) is 3.44. The Hall–Kier alpha value is -1.77. The van der Waals surface area contributed by atoms with Crippen LogP contribution in [0.15, 0.2) is 36.5 Å². The van der Waals surface area contributed by atoms with E-state index in [0.29, 0.717) is 0 Å². The molecule has 1 aliphatic carbocycles. The minimum absolute atomic E-state index is 0.115. The van der Waals surface area contributed by atoms with Gasteiger partial charge in [0, 0.05) is 18.0 Å². The average molecular weight is 259 g/mol. The molecule has 0 amide bonds. The molecule has 19 heavy (non-hydrogen) atoms. The summed E-state index contributed by atoms with van der Waals surface area (Å²) in [5, 5.41) is 3.10. The van der Waals surface area contributed by atoms with Gasteiger partial charge in [-0.15, -0.1) is 0 Å². The maximum Gasteiger partial charge on any atom is 0.332 e. The summed E-state index contributed by atoms with van der Waals surface area (Å²) in [6, 6.07) is 7.95. The van der Waals surface area contributed by atoms with Gasteiger partial charge in [-0.1, -0.05) is 24.6 Å². The molecule has 0 heterocycles. The van der Waals surface area contributed by atoms with Gasteiger partial charge in [-0.25, -0.2) is 4.79 Å². The fourth-order valence-electron chi connectivity index (χ4n) is 2.32. The Morgan fingerprint density at radius 2 is 2.00 bits per heavy atom. The maximum absolute atomic E-state index is 11.6. The molecular weight excluding hydrogens is 238 g/mol. The predicted molar refractivity (Wildman–Crippen MR) is 76.9 cm³/mol. The monoisotopic (exact) mass is 259 g/mol. The number of hydrogen-bond acceptors (Lipinski definition) is 3. The third-order valence-corrected chi connectivity index (χ3v) is 3.44. The number of carbonyl (C=O) groups excluding carboxylic acids is 1. The second-order valence-electron chi connectivity index (χ2n) is 4.99. The Bertz CT molecular complexity index is 448. The highest BCUT2D eigenvalue weighted by atomic mass is 16.5. The number of rotatable bonds is 4. The highest BCUT2D eigenvalue weighted by molar-refractivity contribution is 5.82. The van der Waals surface area contributed by atoms with Gasteiger partial charge < -0.3 is 10.1 Å². The van der Waals surface area contributed by atoms with Crippen molar-refractivity contribution in [3.05, 3.63) is 42.1 Å². The third kappa shape index (κ3) is 4.43. The molecule has 1 saturated carbocycles. The molecule has 0 aromatic heterocycles. The zero-order chi connectivity index (χ0) is 13.5. The molecule has 3 heteroatoms. The number of nitrogens with one attached hydrogen (secondary N) is 1. The number of hydrogen-bond donors (Lipinski definition) is 1. The lowest BCUT2D eigenvalue weighted by Crippen LogP contribution is -2.19. The topological polar surface area (TPSA) is 38.3 Å². The first kappa shape index (κ1) is 13.7. The van der Waals surface area contributed by atoms with Crippen LogP contribution in [0, 0.1) is 6.92 Å². The van der Waals surface area contributed by atoms with Crippen molar-refractivity contribution in [2.45, 2.75) is 45.1 Å². The maximum atomic E-state index is 11.6. The molecule has 1 aliphatic rings. The van der Waals surface area contributed by atoms with Crippen LogP contribution >= 0.6 is 0 Å². The van der Waals surface area contributed by atoms with Crippen molar-refractivity contribution in [1.29, 1.82) is 0 Å². The van der Waals surface area contributed by atoms with Crippen molar-refractivity contribution in [3.63, 3.8) is 0 Å². The van der Waals surface area contributed by atoms with Crippen molar-refractivity contribution < 1.29 is 9.53 Å². The Morgan fingerprint density at radius 3 is 2.74 bits per heavy atom. The fourth-order valence-corrected chi connectivity index (χ4v) is 2.32. The van der Waals surface area contributed by atoms with Crippen LogP contribution in [-0.2, 0) is 9.53 Å². The van der Waals surface area contributed by atoms with Gasteiger partial charge in [-0.3, -0.25) is 0 Å². The van der Waals surface area contributed by atoms with Gasteiger partial charge in [0.25, 0.3) is 0 Å². The van der Waals surface area contributed by atoms with Gasteiger partial charge in [0.05, 0.1) is 0 Å². The van der Waals surface area contributed by atoms with Crippen LogP contribution in [0.25, 0.3) is 0 Å². The van der Waals surface area contributed by atoms with E-state index in [4.69, 9.17) is 4.74 Å². The van der Waals surface area contributed by atoms with E-state index in [9.17, 15) is 4.79 Å². The highest BCUT2D eigenvalue weighted by Crippen LogP contribution is 2.20. The van der Waals surface area contributed by atoms with Crippen molar-refractivity contribution in [2.75, 3.05) is 5.32 Å². The van der Waals surface area contributed by atoms with E-state index in [1.807, 2.05) is 31.2 Å². The van der Waals surface area contributed by atoms with Crippen molar-refractivity contribution in [1.82, 2.24) is 0 Å². The summed E-state index contributed by atoms with van der Waals surface area (Å²) >= 11 is 0. The van der Waals surface area contributed by atoms with E-state index in [1.165, 1.54) is 25.3 Å². The molecule has 0 aliphatic heterocycles. The molecule has 2 rings (SSSR count). The second-order valence-corrected chi connectivity index (χ2v) is 4.99. The smallest absolute Gasteiger partial charge is 0.332 e. The van der Waals surface area contributed by atoms with Gasteiger partial charge in [0.2, 0.25) is 0 Å². The van der Waals surface area contributed by atoms with Crippen LogP contribution in [0.2, 0.25) is 0 Å². The standard InChI is InChI=1S/C16H21NO2/c1-13-7-5-6-10-15(13)17-12-11-16(18)19-14-8-3-2-4-9-14/h5-7,10-12,14,17H,2-4,8-9H2,1H3/b12-11+. The lowest BCUT2D eigenvalue weighted by molar-refractivity contribution is -0.144. The van der Waals surface area contributed by atoms with E-state index in [1.54, 1.807) is 6.20 Å². The quantitative estimate of drug-likeness (QED) is 0.660. The molecule has 0 unspecified atom stereocenters. The van der Waals surface area contributed by atoms with Crippen molar-refractivity contribution >= 4 is 11.7 Å². The van der Waals surface area contributed by atoms with Crippen molar-refractivity contribution in [2.24, 2.45) is 0 Å². The van der Waals surface area contributed by atoms with E-state index in [0.717, 1.165) is 24.1 Å². The summed E-state index contributed by atoms with van der Waals surface area (Å²) in [4.78, 5) is 11.6. The number of ether oxygens (including phenoxy) is 1. The van der Waals surface area contributed by atoms with Gasteiger partial charge in [-0.05, 0) is 44.2 Å². The summed E-state index contributed by atoms with van der Waals surface area (Å²) in [5.41, 5.74) is 2.15. The lowest BCUT2D eigenvalue weighted by Gasteiger charge is -2.20. The number of para-hydroxylation sites is 1. The van der Waals surface area contributed by atoms with E-state index in [-0.39, 0.29) is 12.1 Å². The zero-order valence-corrected chi connectivity index (χ0v) is 11.4. The molecule has 0 atom stereocenters. The minimum atomic E-state index is -0.256. The minimum Gasteiger partial charge on any atom is -0.459 e. The average Bonchev–Trinajstić information content (AvgIpc) is 2.42. The number of esters is 1. The van der Waals surface area contributed by atoms with E-state index in [2.05, 4.69) is 5.32 Å². The summed E-state index contributed by atoms with van der Waals surface area (Å²) in [5.74, 6) is -0.256. The van der Waals surface area contributed by atoms with Crippen LogP contribution in [-0.4, -0.2) is 12.1 Å². The predicted octanol–water partition coefficient (Wildman–Crippen LogP) is 3.80. The Balaban J connectivity index is 1.78. The van der Waals surface area contributed by atoms with Crippen LogP contribution in [0.3, 0.4) is 0 Å². The highest BCUT2D eigenvalue weighted by Gasteiger charge is 2.16. The Morgan fingerprint density at radius 1 is 1.26 bits per heavy atom. The van der Waals surface area contributed by atoms with Gasteiger partial charge >= 0.3 is 5.97 Å². The normalized spacial score (nSPS) is 16.5. The summed E-state index contributed by atoms with van der Waals surface area (Å²) in [6.45, 7) is 2.02. The number of aryl methyl sites for hydroxylation is 1. The number of benzene rings is 1. The second kappa shape index (κ2) is 6.98. The summed E-state index contributed by atoms with van der Waals surface area (Å²) in [7, 11) is 0. The molecule has 1 aromatic carbocycles. The molecule has 0 bridgehead atoms. The zero-order valence-electron chi connectivity index (χ0n) is 11.4. The molecule has 0 radical (unpaired) electrons. The molecule has 1 aromatic rings. The SMILES string of the molecule is Cc1ccccc1N/C=C/C(=O)OC1CCCCC1. The molecule has 0 spiro atoms. The molecule has 1 fully saturated rings. The molecule has 3 nitrogen and oxygen atoms in total. The first-order valence-electron chi connectivity index (χ1n) is 6.95. The first-order valence-corrected chi connectivity index (χ1v) is 6.95. The lowest BCUT2D eigenvalue weighted by atomic mass is 9.98. The largest absolute Gasteiger partial charge is 0.459 e. The number of anilines is 1. The number of carbonyl (C=O) groups is 1. The Kier molecular flexibility index (Phi) is 5.01. The van der Waals surface area contributed by atoms with Gasteiger partial charge in [-0.2, -0.15) is 0 Å². The first-order chi connectivity index (χ1) is 9.25. The van der Waals surface area contributed by atoms with Gasteiger partial charge in [0.1, 0.15) is 6.10 Å². The molecule has 102 valence electrons.